The van der Waals surface area contributed by atoms with Crippen molar-refractivity contribution in [3.8, 4) is 0 Å². The lowest BCUT2D eigenvalue weighted by Gasteiger charge is -2.31. The number of hydrogen-bond donors (Lipinski definition) is 1. The summed E-state index contributed by atoms with van der Waals surface area (Å²) in [4.78, 5) is 0. The van der Waals surface area contributed by atoms with Crippen molar-refractivity contribution >= 4 is 21.6 Å². The van der Waals surface area contributed by atoms with Crippen LogP contribution in [0.5, 0.6) is 0 Å². The highest BCUT2D eigenvalue weighted by Crippen LogP contribution is 2.31. The van der Waals surface area contributed by atoms with E-state index in [9.17, 15) is 0 Å². The monoisotopic (exact) mass is 309 g/mol. The summed E-state index contributed by atoms with van der Waals surface area (Å²) < 4.78 is 1.18. The number of rotatable bonds is 3. The van der Waals surface area contributed by atoms with Gasteiger partial charge in [-0.1, -0.05) is 42.1 Å². The molecular weight excluding hydrogens is 286 g/mol. The molecule has 2 heteroatoms. The van der Waals surface area contributed by atoms with Crippen molar-refractivity contribution < 1.29 is 0 Å². The lowest BCUT2D eigenvalue weighted by atomic mass is 9.84. The molecule has 2 atom stereocenters. The zero-order chi connectivity index (χ0) is 13.1. The van der Waals surface area contributed by atoms with Crippen LogP contribution in [0.3, 0.4) is 0 Å². The maximum absolute atomic E-state index is 3.79. The summed E-state index contributed by atoms with van der Waals surface area (Å²) >= 11 is 3.57. The molecule has 1 N–H and O–H groups in total. The summed E-state index contributed by atoms with van der Waals surface area (Å²) in [6, 6.07) is 5.08. The maximum atomic E-state index is 3.79. The van der Waals surface area contributed by atoms with E-state index in [1.807, 2.05) is 0 Å². The second-order valence-electron chi connectivity index (χ2n) is 5.70. The minimum absolute atomic E-state index is 0.669. The predicted molar refractivity (Wildman–Crippen MR) is 83.3 cm³/mol. The lowest BCUT2D eigenvalue weighted by Crippen LogP contribution is -2.27. The van der Waals surface area contributed by atoms with Gasteiger partial charge in [-0.25, -0.2) is 0 Å². The summed E-state index contributed by atoms with van der Waals surface area (Å²) in [7, 11) is 0. The lowest BCUT2D eigenvalue weighted by molar-refractivity contribution is 0.327. The van der Waals surface area contributed by atoms with Gasteiger partial charge >= 0.3 is 0 Å². The fourth-order valence-electron chi connectivity index (χ4n) is 3.14. The van der Waals surface area contributed by atoms with Gasteiger partial charge in [-0.05, 0) is 55.9 Å². The third kappa shape index (κ3) is 3.28. The molecule has 1 aromatic carbocycles. The third-order valence-corrected chi connectivity index (χ3v) is 4.66. The Labute approximate surface area is 119 Å². The van der Waals surface area contributed by atoms with E-state index in [-0.39, 0.29) is 0 Å². The van der Waals surface area contributed by atoms with Gasteiger partial charge in [0, 0.05) is 16.2 Å². The van der Waals surface area contributed by atoms with Crippen molar-refractivity contribution in [2.45, 2.75) is 58.9 Å². The number of halogens is 1. The standard InChI is InChI=1S/C16H24BrN/c1-4-13-6-5-7-15(10-13)18-16-11(2)8-14(17)9-12(16)3/h8-9,13,15,18H,4-7,10H2,1-3H3. The molecule has 1 fully saturated rings. The van der Waals surface area contributed by atoms with Gasteiger partial charge in [0.2, 0.25) is 0 Å². The normalized spacial score (nSPS) is 24.0. The fraction of sp³-hybridized carbons (Fsp3) is 0.625. The minimum atomic E-state index is 0.669. The van der Waals surface area contributed by atoms with E-state index >= 15 is 0 Å². The van der Waals surface area contributed by atoms with Crippen LogP contribution in [0.15, 0.2) is 16.6 Å². The van der Waals surface area contributed by atoms with Crippen molar-refractivity contribution in [3.63, 3.8) is 0 Å². The molecule has 0 aliphatic heterocycles. The number of hydrogen-bond acceptors (Lipinski definition) is 1. The Bertz CT molecular complexity index is 391. The molecule has 18 heavy (non-hydrogen) atoms. The average Bonchev–Trinajstić information content (AvgIpc) is 2.34. The van der Waals surface area contributed by atoms with Crippen LogP contribution in [0.25, 0.3) is 0 Å². The second-order valence-corrected chi connectivity index (χ2v) is 6.61. The van der Waals surface area contributed by atoms with Crippen LogP contribution in [0.1, 0.15) is 50.2 Å². The van der Waals surface area contributed by atoms with Crippen LogP contribution in [-0.4, -0.2) is 6.04 Å². The van der Waals surface area contributed by atoms with Crippen LogP contribution in [0, 0.1) is 19.8 Å². The van der Waals surface area contributed by atoms with Crippen molar-refractivity contribution in [1.29, 1.82) is 0 Å². The third-order valence-electron chi connectivity index (χ3n) is 4.21. The molecule has 1 nitrogen and oxygen atoms in total. The van der Waals surface area contributed by atoms with Gasteiger partial charge in [-0.3, -0.25) is 0 Å². The fourth-order valence-corrected chi connectivity index (χ4v) is 3.82. The molecule has 0 amide bonds. The zero-order valence-corrected chi connectivity index (χ0v) is 13.3. The van der Waals surface area contributed by atoms with Crippen molar-refractivity contribution in [2.75, 3.05) is 5.32 Å². The highest BCUT2D eigenvalue weighted by Gasteiger charge is 2.21. The molecule has 1 aromatic rings. The molecule has 0 saturated heterocycles. The minimum Gasteiger partial charge on any atom is -0.382 e. The van der Waals surface area contributed by atoms with Crippen molar-refractivity contribution in [2.24, 2.45) is 5.92 Å². The van der Waals surface area contributed by atoms with Crippen LogP contribution in [-0.2, 0) is 0 Å². The van der Waals surface area contributed by atoms with E-state index in [1.54, 1.807) is 0 Å². The first-order valence-corrected chi connectivity index (χ1v) is 7.92. The van der Waals surface area contributed by atoms with E-state index in [1.165, 1.54) is 53.4 Å². The van der Waals surface area contributed by atoms with E-state index in [2.05, 4.69) is 54.2 Å². The second kappa shape index (κ2) is 6.10. The Morgan fingerprint density at radius 1 is 1.22 bits per heavy atom. The number of nitrogens with one attached hydrogen (secondary N) is 1. The topological polar surface area (TPSA) is 12.0 Å². The van der Waals surface area contributed by atoms with Gasteiger partial charge in [-0.2, -0.15) is 0 Å². The van der Waals surface area contributed by atoms with Crippen LogP contribution >= 0.6 is 15.9 Å². The molecule has 2 rings (SSSR count). The quantitative estimate of drug-likeness (QED) is 0.783. The molecule has 1 aliphatic rings. The van der Waals surface area contributed by atoms with E-state index < -0.39 is 0 Å². The maximum Gasteiger partial charge on any atom is 0.0402 e. The molecule has 0 bridgehead atoms. The summed E-state index contributed by atoms with van der Waals surface area (Å²) in [6.45, 7) is 6.71. The first-order chi connectivity index (χ1) is 8.60. The number of aryl methyl sites for hydroxylation is 2. The van der Waals surface area contributed by atoms with Gasteiger partial charge < -0.3 is 5.32 Å². The SMILES string of the molecule is CCC1CCCC(Nc2c(C)cc(Br)cc2C)C1. The molecule has 1 saturated carbocycles. The smallest absolute Gasteiger partial charge is 0.0402 e. The number of benzene rings is 1. The first kappa shape index (κ1) is 13.9. The molecule has 0 aromatic heterocycles. The summed E-state index contributed by atoms with van der Waals surface area (Å²) in [5.74, 6) is 0.923. The van der Waals surface area contributed by atoms with E-state index in [0.717, 1.165) is 5.92 Å². The van der Waals surface area contributed by atoms with Crippen LogP contribution < -0.4 is 5.32 Å². The Morgan fingerprint density at radius 3 is 2.50 bits per heavy atom. The van der Waals surface area contributed by atoms with Gasteiger partial charge in [-0.15, -0.1) is 0 Å². The van der Waals surface area contributed by atoms with Gasteiger partial charge in [0.15, 0.2) is 0 Å². The van der Waals surface area contributed by atoms with Crippen LogP contribution in [0.2, 0.25) is 0 Å². The highest BCUT2D eigenvalue weighted by molar-refractivity contribution is 9.10. The van der Waals surface area contributed by atoms with Crippen molar-refractivity contribution in [1.82, 2.24) is 0 Å². The predicted octanol–water partition coefficient (Wildman–Crippen LogP) is 5.45. The Balaban J connectivity index is 2.09. The molecule has 0 spiro atoms. The molecular formula is C16H24BrN. The van der Waals surface area contributed by atoms with Crippen molar-refractivity contribution in [3.05, 3.63) is 27.7 Å². The summed E-state index contributed by atoms with van der Waals surface area (Å²) in [5, 5.41) is 3.79. The first-order valence-electron chi connectivity index (χ1n) is 7.13. The van der Waals surface area contributed by atoms with Gasteiger partial charge in [0.25, 0.3) is 0 Å². The zero-order valence-electron chi connectivity index (χ0n) is 11.7. The molecule has 0 heterocycles. The van der Waals surface area contributed by atoms with Crippen LogP contribution in [0.4, 0.5) is 5.69 Å². The Morgan fingerprint density at radius 2 is 1.89 bits per heavy atom. The Kier molecular flexibility index (Phi) is 4.71. The largest absolute Gasteiger partial charge is 0.382 e. The number of anilines is 1. The Hall–Kier alpha value is -0.500. The molecule has 100 valence electrons. The van der Waals surface area contributed by atoms with Gasteiger partial charge in [0.1, 0.15) is 0 Å². The van der Waals surface area contributed by atoms with E-state index in [0.29, 0.717) is 6.04 Å². The highest BCUT2D eigenvalue weighted by atomic mass is 79.9. The molecule has 1 aliphatic carbocycles. The average molecular weight is 310 g/mol. The van der Waals surface area contributed by atoms with Gasteiger partial charge in [0.05, 0.1) is 0 Å². The molecule has 0 radical (unpaired) electrons. The summed E-state index contributed by atoms with van der Waals surface area (Å²) in [6.07, 6.45) is 6.80. The summed E-state index contributed by atoms with van der Waals surface area (Å²) in [5.41, 5.74) is 4.04. The van der Waals surface area contributed by atoms with E-state index in [4.69, 9.17) is 0 Å². The molecule has 2 unspecified atom stereocenters.